The van der Waals surface area contributed by atoms with E-state index in [4.69, 9.17) is 34.4 Å². The summed E-state index contributed by atoms with van der Waals surface area (Å²) in [4.78, 5) is 142. The molecule has 22 N–H and O–H groups in total. The van der Waals surface area contributed by atoms with Crippen molar-refractivity contribution >= 4 is 71.1 Å². The SMILES string of the molecule is CC[C@H](C)[C@H](NC(=O)[C@H](C)N)C(=O)N1CCC[C@H]1C(=O)N[C@H](C(=O)N[C@@H](CO)C(=O)N[C@@H](CCCN=C(N)N)C(=O)N[C@@H](CCCN=C(N)N)C(=O)N[C@@H](CCC(=O)O)C(=O)N[C@@H](CCCCN)C(=O)O)C(C)C. The van der Waals surface area contributed by atoms with Gasteiger partial charge in [-0.3, -0.25) is 53.1 Å². The molecule has 74 heavy (non-hydrogen) atoms. The van der Waals surface area contributed by atoms with E-state index in [1.807, 2.05) is 6.92 Å². The molecule has 10 atom stereocenters. The number of rotatable bonds is 35. The Kier molecular flexibility index (Phi) is 29.7. The van der Waals surface area contributed by atoms with Crippen molar-refractivity contribution in [2.24, 2.45) is 56.2 Å². The average molecular weight is 1060 g/mol. The highest BCUT2D eigenvalue weighted by atomic mass is 16.4. The van der Waals surface area contributed by atoms with Gasteiger partial charge in [-0.25, -0.2) is 4.79 Å². The molecule has 1 rings (SSSR count). The molecular formula is C45H82N16O13. The third-order valence-corrected chi connectivity index (χ3v) is 12.1. The number of aliphatic carboxylic acids is 2. The molecule has 0 bridgehead atoms. The number of nitrogens with one attached hydrogen (secondary N) is 7. The lowest BCUT2D eigenvalue weighted by Crippen LogP contribution is -2.61. The van der Waals surface area contributed by atoms with E-state index in [1.165, 1.54) is 11.8 Å². The van der Waals surface area contributed by atoms with E-state index < -0.39 is 139 Å². The second-order valence-corrected chi connectivity index (χ2v) is 18.5. The summed E-state index contributed by atoms with van der Waals surface area (Å²) in [7, 11) is 0. The minimum Gasteiger partial charge on any atom is -0.481 e. The maximum absolute atomic E-state index is 14.1. The zero-order valence-electron chi connectivity index (χ0n) is 43.1. The molecule has 0 saturated carbocycles. The normalized spacial score (nSPS) is 16.8. The zero-order valence-corrected chi connectivity index (χ0v) is 43.1. The Hall–Kier alpha value is -6.88. The summed E-state index contributed by atoms with van der Waals surface area (Å²) in [5.74, 6) is -10.9. The van der Waals surface area contributed by atoms with Gasteiger partial charge in [0.25, 0.3) is 0 Å². The summed E-state index contributed by atoms with van der Waals surface area (Å²) in [6, 6.07) is -12.0. The van der Waals surface area contributed by atoms with Gasteiger partial charge in [-0.2, -0.15) is 0 Å². The van der Waals surface area contributed by atoms with Crippen molar-refractivity contribution < 1.29 is 63.3 Å². The molecule has 0 radical (unpaired) electrons. The van der Waals surface area contributed by atoms with Crippen LogP contribution >= 0.6 is 0 Å². The van der Waals surface area contributed by atoms with Gasteiger partial charge in [0.15, 0.2) is 11.9 Å². The number of hydrogen-bond donors (Lipinski definition) is 16. The Labute approximate surface area is 430 Å². The molecule has 1 saturated heterocycles. The van der Waals surface area contributed by atoms with E-state index in [0.29, 0.717) is 25.7 Å². The van der Waals surface area contributed by atoms with E-state index in [2.05, 4.69) is 47.2 Å². The number of carbonyl (C=O) groups is 10. The topological polar surface area (TPSA) is 500 Å². The van der Waals surface area contributed by atoms with E-state index in [-0.39, 0.29) is 82.5 Å². The smallest absolute Gasteiger partial charge is 0.326 e. The van der Waals surface area contributed by atoms with Gasteiger partial charge in [0, 0.05) is 26.1 Å². The highest BCUT2D eigenvalue weighted by molar-refractivity contribution is 5.98. The van der Waals surface area contributed by atoms with Crippen molar-refractivity contribution in [3.8, 4) is 0 Å². The van der Waals surface area contributed by atoms with Crippen LogP contribution in [0.25, 0.3) is 0 Å². The Morgan fingerprint density at radius 3 is 1.51 bits per heavy atom. The molecule has 1 heterocycles. The molecule has 8 amide bonds. The number of hydrogen-bond acceptors (Lipinski definition) is 15. The number of carboxylic acid groups (broad SMARTS) is 2. The molecule has 1 aliphatic heterocycles. The minimum absolute atomic E-state index is 0.0191. The van der Waals surface area contributed by atoms with Crippen molar-refractivity contribution in [3.63, 3.8) is 0 Å². The van der Waals surface area contributed by atoms with Crippen molar-refractivity contribution in [1.29, 1.82) is 0 Å². The lowest BCUT2D eigenvalue weighted by atomic mass is 9.97. The zero-order chi connectivity index (χ0) is 56.2. The lowest BCUT2D eigenvalue weighted by molar-refractivity contribution is -0.143. The van der Waals surface area contributed by atoms with Crippen LogP contribution in [0.15, 0.2) is 9.98 Å². The first-order valence-corrected chi connectivity index (χ1v) is 24.8. The predicted octanol–water partition coefficient (Wildman–Crippen LogP) is -5.40. The first-order chi connectivity index (χ1) is 34.8. The number of guanidine groups is 2. The third-order valence-electron chi connectivity index (χ3n) is 12.1. The van der Waals surface area contributed by atoms with E-state index in [9.17, 15) is 63.3 Å². The van der Waals surface area contributed by atoms with Crippen LogP contribution in [0.2, 0.25) is 0 Å². The first kappa shape index (κ1) is 65.1. The summed E-state index contributed by atoms with van der Waals surface area (Å²) < 4.78 is 0. The fraction of sp³-hybridized carbons (Fsp3) is 0.733. The molecule has 0 aliphatic carbocycles. The number of aliphatic hydroxyl groups is 1. The molecule has 0 unspecified atom stereocenters. The van der Waals surface area contributed by atoms with E-state index in [1.54, 1.807) is 20.8 Å². The molecule has 0 aromatic rings. The van der Waals surface area contributed by atoms with Crippen LogP contribution in [0.5, 0.6) is 0 Å². The number of aliphatic hydroxyl groups excluding tert-OH is 1. The van der Waals surface area contributed by atoms with Gasteiger partial charge < -0.3 is 91.8 Å². The second kappa shape index (κ2) is 33.8. The minimum atomic E-state index is -1.72. The van der Waals surface area contributed by atoms with Gasteiger partial charge in [0.1, 0.15) is 48.3 Å². The number of carbonyl (C=O) groups excluding carboxylic acids is 8. The van der Waals surface area contributed by atoms with Gasteiger partial charge in [-0.1, -0.05) is 34.1 Å². The largest absolute Gasteiger partial charge is 0.481 e. The predicted molar refractivity (Wildman–Crippen MR) is 271 cm³/mol. The number of likely N-dealkylation sites (tertiary alicyclic amines) is 1. The number of aliphatic imine (C=N–C) groups is 2. The van der Waals surface area contributed by atoms with Gasteiger partial charge in [0.05, 0.1) is 12.6 Å². The Morgan fingerprint density at radius 1 is 0.608 bits per heavy atom. The molecule has 29 nitrogen and oxygen atoms in total. The summed E-state index contributed by atoms with van der Waals surface area (Å²) in [6.45, 7) is 7.70. The Morgan fingerprint density at radius 2 is 1.08 bits per heavy atom. The number of unbranched alkanes of at least 4 members (excludes halogenated alkanes) is 1. The summed E-state index contributed by atoms with van der Waals surface area (Å²) in [5.41, 5.74) is 33.1. The summed E-state index contributed by atoms with van der Waals surface area (Å²) in [5, 5.41) is 47.0. The standard InChI is InChI=1S/C45H82N16O13/c1-6-24(4)34(60-35(65)25(5)47)42(72)61-21-11-15-31(61)40(70)59-33(23(2)3)41(71)58-30(22-62)39(69)55-27(14-10-20-53-45(50)51)36(66)54-26(13-9-19-52-44(48)49)37(67)56-28(16-17-32(63)64)38(68)57-29(43(73)74)12-7-8-18-46/h23-31,33-34,62H,6-22,46-47H2,1-5H3,(H,54,66)(H,55,69)(H,56,67)(H,57,68)(H,58,71)(H,59,70)(H,60,65)(H,63,64)(H,73,74)(H4,48,49,52)(H4,50,51,53)/t24-,25-,26-,27-,28-,29-,30-,31-,33-,34-/m0/s1. The van der Waals surface area contributed by atoms with Crippen LogP contribution in [-0.2, 0) is 47.9 Å². The molecule has 0 aromatic heterocycles. The Bertz CT molecular complexity index is 1960. The van der Waals surface area contributed by atoms with Gasteiger partial charge in [0.2, 0.25) is 47.3 Å². The Balaban J connectivity index is 3.46. The monoisotopic (exact) mass is 1050 g/mol. The van der Waals surface area contributed by atoms with Gasteiger partial charge >= 0.3 is 11.9 Å². The van der Waals surface area contributed by atoms with Crippen LogP contribution in [0, 0.1) is 11.8 Å². The van der Waals surface area contributed by atoms with Crippen LogP contribution < -0.4 is 71.6 Å². The first-order valence-electron chi connectivity index (χ1n) is 24.8. The molecule has 0 spiro atoms. The van der Waals surface area contributed by atoms with Crippen LogP contribution in [0.4, 0.5) is 0 Å². The summed E-state index contributed by atoms with van der Waals surface area (Å²) >= 11 is 0. The van der Waals surface area contributed by atoms with Crippen molar-refractivity contribution in [2.75, 3.05) is 32.8 Å². The van der Waals surface area contributed by atoms with Gasteiger partial charge in [-0.15, -0.1) is 0 Å². The molecule has 420 valence electrons. The van der Waals surface area contributed by atoms with Crippen LogP contribution in [0.1, 0.15) is 112 Å². The molecule has 29 heteroatoms. The average Bonchev–Trinajstić information content (AvgIpc) is 3.83. The molecule has 0 aromatic carbocycles. The van der Waals surface area contributed by atoms with E-state index >= 15 is 0 Å². The van der Waals surface area contributed by atoms with Crippen LogP contribution in [-0.4, -0.2) is 178 Å². The summed E-state index contributed by atoms with van der Waals surface area (Å²) in [6.07, 6.45) is 0.593. The van der Waals surface area contributed by atoms with Crippen molar-refractivity contribution in [3.05, 3.63) is 0 Å². The molecular weight excluding hydrogens is 973 g/mol. The fourth-order valence-corrected chi connectivity index (χ4v) is 7.61. The molecule has 1 fully saturated rings. The maximum atomic E-state index is 14.1. The number of nitrogens with zero attached hydrogens (tertiary/aromatic N) is 3. The van der Waals surface area contributed by atoms with Gasteiger partial charge in [-0.05, 0) is 89.5 Å². The quantitative estimate of drug-likeness (QED) is 0.0160. The number of amides is 8. The highest BCUT2D eigenvalue weighted by Crippen LogP contribution is 2.22. The highest BCUT2D eigenvalue weighted by Gasteiger charge is 2.41. The number of carboxylic acids is 2. The third kappa shape index (κ3) is 23.3. The second-order valence-electron chi connectivity index (χ2n) is 18.5. The number of nitrogens with two attached hydrogens (primary N) is 6. The van der Waals surface area contributed by atoms with E-state index in [0.717, 1.165) is 0 Å². The lowest BCUT2D eigenvalue weighted by Gasteiger charge is -2.33. The maximum Gasteiger partial charge on any atom is 0.326 e. The van der Waals surface area contributed by atoms with Crippen molar-refractivity contribution in [1.82, 2.24) is 42.1 Å². The molecule has 1 aliphatic rings. The van der Waals surface area contributed by atoms with Crippen LogP contribution in [0.3, 0.4) is 0 Å². The fourth-order valence-electron chi connectivity index (χ4n) is 7.61. The van der Waals surface area contributed by atoms with Crippen molar-refractivity contribution in [2.45, 2.75) is 166 Å².